The fourth-order valence-corrected chi connectivity index (χ4v) is 2.21. The second-order valence-corrected chi connectivity index (χ2v) is 5.61. The number of hydrogen-bond donors (Lipinski definition) is 5. The summed E-state index contributed by atoms with van der Waals surface area (Å²) in [6.45, 7) is 0. The first-order valence-corrected chi connectivity index (χ1v) is 8.35. The van der Waals surface area contributed by atoms with Crippen molar-refractivity contribution in [1.82, 2.24) is 25.8 Å². The first-order valence-electron chi connectivity index (χ1n) is 8.35. The molecule has 1 aromatic carbocycles. The third-order valence-electron chi connectivity index (χ3n) is 3.75. The van der Waals surface area contributed by atoms with E-state index in [2.05, 4.69) is 36.7 Å². The Morgan fingerprint density at radius 2 is 1.55 bits per heavy atom. The number of rotatable bonds is 7. The van der Waals surface area contributed by atoms with Crippen molar-refractivity contribution < 1.29 is 14.3 Å². The van der Waals surface area contributed by atoms with Crippen LogP contribution >= 0.6 is 0 Å². The lowest BCUT2D eigenvalue weighted by Gasteiger charge is -2.13. The minimum atomic E-state index is -0.418. The average molecular weight is 394 g/mol. The van der Waals surface area contributed by atoms with Crippen LogP contribution in [0.25, 0.3) is 0 Å². The van der Waals surface area contributed by atoms with Crippen molar-refractivity contribution in [3.8, 4) is 5.75 Å². The summed E-state index contributed by atoms with van der Waals surface area (Å²) in [4.78, 5) is 36.1. The summed E-state index contributed by atoms with van der Waals surface area (Å²) < 4.78 is 5.05. The molecule has 148 valence electrons. The van der Waals surface area contributed by atoms with Crippen LogP contribution in [0.1, 0.15) is 20.7 Å². The lowest BCUT2D eigenvalue weighted by atomic mass is 10.2. The fourth-order valence-electron chi connectivity index (χ4n) is 2.21. The van der Waals surface area contributed by atoms with Crippen molar-refractivity contribution in [1.29, 1.82) is 0 Å². The van der Waals surface area contributed by atoms with Crippen LogP contribution in [0.2, 0.25) is 0 Å². The molecule has 29 heavy (non-hydrogen) atoms. The summed E-state index contributed by atoms with van der Waals surface area (Å²) >= 11 is 0. The van der Waals surface area contributed by atoms with Crippen molar-refractivity contribution in [2.45, 2.75) is 0 Å². The minimum absolute atomic E-state index is 0.0917. The third kappa shape index (κ3) is 4.86. The highest BCUT2D eigenvalue weighted by atomic mass is 16.5. The number of aromatic nitrogens is 3. The van der Waals surface area contributed by atoms with Gasteiger partial charge in [-0.1, -0.05) is 0 Å². The highest BCUT2D eigenvalue weighted by Crippen LogP contribution is 2.21. The zero-order chi connectivity index (χ0) is 20.6. The molecule has 0 atom stereocenters. The first-order chi connectivity index (χ1) is 14.1. The molecule has 2 aromatic heterocycles. The Morgan fingerprint density at radius 3 is 2.10 bits per heavy atom. The van der Waals surface area contributed by atoms with E-state index in [1.165, 1.54) is 12.5 Å². The molecule has 2 heterocycles. The number of pyridine rings is 1. The molecule has 0 saturated carbocycles. The van der Waals surface area contributed by atoms with E-state index in [9.17, 15) is 9.59 Å². The van der Waals surface area contributed by atoms with E-state index in [0.717, 1.165) is 0 Å². The predicted octanol–water partition coefficient (Wildman–Crippen LogP) is 0.976. The van der Waals surface area contributed by atoms with Gasteiger partial charge in [0.15, 0.2) is 11.6 Å². The van der Waals surface area contributed by atoms with Gasteiger partial charge in [-0.25, -0.2) is 9.97 Å². The van der Waals surface area contributed by atoms with Gasteiger partial charge in [0, 0.05) is 18.0 Å². The molecule has 0 spiro atoms. The molecule has 6 N–H and O–H groups in total. The number of nitrogen functional groups attached to an aromatic ring is 1. The van der Waals surface area contributed by atoms with Crippen LogP contribution in [-0.2, 0) is 0 Å². The van der Waals surface area contributed by atoms with Gasteiger partial charge in [-0.15, -0.1) is 0 Å². The van der Waals surface area contributed by atoms with Crippen molar-refractivity contribution in [3.05, 3.63) is 66.2 Å². The highest BCUT2D eigenvalue weighted by molar-refractivity contribution is 5.96. The Morgan fingerprint density at radius 1 is 0.931 bits per heavy atom. The molecular weight excluding hydrogens is 376 g/mol. The van der Waals surface area contributed by atoms with Gasteiger partial charge in [-0.2, -0.15) is 0 Å². The summed E-state index contributed by atoms with van der Waals surface area (Å²) in [7, 11) is 1.54. The zero-order valence-corrected chi connectivity index (χ0v) is 15.3. The number of ether oxygens (including phenoxy) is 1. The van der Waals surface area contributed by atoms with Gasteiger partial charge in [-0.3, -0.25) is 36.3 Å². The number of carbonyl (C=O) groups is 2. The molecular formula is C18H18N8O3. The van der Waals surface area contributed by atoms with Crippen LogP contribution in [0.3, 0.4) is 0 Å². The summed E-state index contributed by atoms with van der Waals surface area (Å²) in [5.74, 6) is 0.125. The van der Waals surface area contributed by atoms with E-state index in [1.807, 2.05) is 0 Å². The van der Waals surface area contributed by atoms with Crippen molar-refractivity contribution in [2.24, 2.45) is 0 Å². The molecule has 0 unspecified atom stereocenters. The average Bonchev–Trinajstić information content (AvgIpc) is 2.77. The lowest BCUT2D eigenvalue weighted by molar-refractivity contribution is 0.0954. The first kappa shape index (κ1) is 19.4. The maximum Gasteiger partial charge on any atom is 0.271 e. The fraction of sp³-hybridized carbons (Fsp3) is 0.0556. The number of hydrazine groups is 2. The zero-order valence-electron chi connectivity index (χ0n) is 15.3. The number of carbonyl (C=O) groups excluding carboxylic acids is 2. The number of hydrogen-bond acceptors (Lipinski definition) is 9. The topological polar surface area (TPSA) is 156 Å². The number of anilines is 3. The third-order valence-corrected chi connectivity index (χ3v) is 3.75. The second-order valence-electron chi connectivity index (χ2n) is 5.61. The van der Waals surface area contributed by atoms with Gasteiger partial charge in [0.05, 0.1) is 12.7 Å². The van der Waals surface area contributed by atoms with Crippen molar-refractivity contribution in [2.75, 3.05) is 23.7 Å². The summed E-state index contributed by atoms with van der Waals surface area (Å²) in [6.07, 6.45) is 4.20. The van der Waals surface area contributed by atoms with Crippen LogP contribution < -0.4 is 32.2 Å². The Hall–Kier alpha value is -4.41. The van der Waals surface area contributed by atoms with Crippen LogP contribution in [0.15, 0.2) is 55.1 Å². The van der Waals surface area contributed by atoms with E-state index in [-0.39, 0.29) is 17.3 Å². The van der Waals surface area contributed by atoms with Gasteiger partial charge in [0.2, 0.25) is 0 Å². The standard InChI is InChI=1S/C18H18N8O3/c1-29-13-6-4-11(5-7-13)17(27)25-23-15-14(19)16(22-10-21-15)24-26-18(28)12-3-2-8-20-9-12/h2-10H,19H2,1H3,(H,25,27)(H,26,28)(H2,21,22,23,24). The summed E-state index contributed by atoms with van der Waals surface area (Å²) in [5, 5.41) is 0. The van der Waals surface area contributed by atoms with E-state index < -0.39 is 11.8 Å². The molecule has 0 bridgehead atoms. The number of benzene rings is 1. The SMILES string of the molecule is COc1ccc(C(=O)NNc2ncnc(NNC(=O)c3cccnc3)c2N)cc1. The molecule has 3 aromatic rings. The Kier molecular flexibility index (Phi) is 6.00. The molecule has 2 amide bonds. The largest absolute Gasteiger partial charge is 0.497 e. The molecule has 0 aliphatic heterocycles. The van der Waals surface area contributed by atoms with Gasteiger partial charge < -0.3 is 10.5 Å². The van der Waals surface area contributed by atoms with Crippen molar-refractivity contribution in [3.63, 3.8) is 0 Å². The van der Waals surface area contributed by atoms with Crippen LogP contribution in [0, 0.1) is 0 Å². The number of nitrogens with two attached hydrogens (primary N) is 1. The monoisotopic (exact) mass is 394 g/mol. The van der Waals surface area contributed by atoms with Crippen LogP contribution in [0.4, 0.5) is 17.3 Å². The van der Waals surface area contributed by atoms with Gasteiger partial charge in [-0.05, 0) is 36.4 Å². The van der Waals surface area contributed by atoms with Gasteiger partial charge in [0.25, 0.3) is 11.8 Å². The number of nitrogens with one attached hydrogen (secondary N) is 4. The molecule has 0 saturated heterocycles. The molecule has 11 heteroatoms. The Labute approximate surface area is 165 Å². The van der Waals surface area contributed by atoms with Gasteiger partial charge >= 0.3 is 0 Å². The van der Waals surface area contributed by atoms with E-state index in [0.29, 0.717) is 16.9 Å². The maximum absolute atomic E-state index is 12.2. The number of nitrogens with zero attached hydrogens (tertiary/aromatic N) is 3. The minimum Gasteiger partial charge on any atom is -0.497 e. The van der Waals surface area contributed by atoms with E-state index >= 15 is 0 Å². The number of amides is 2. The smallest absolute Gasteiger partial charge is 0.271 e. The summed E-state index contributed by atoms with van der Waals surface area (Å²) in [6, 6.07) is 9.80. The van der Waals surface area contributed by atoms with E-state index in [4.69, 9.17) is 10.5 Å². The Bertz CT molecular complexity index is 996. The Balaban J connectivity index is 1.60. The van der Waals surface area contributed by atoms with Crippen LogP contribution in [0.5, 0.6) is 5.75 Å². The number of methoxy groups -OCH3 is 1. The predicted molar refractivity (Wildman–Crippen MR) is 106 cm³/mol. The van der Waals surface area contributed by atoms with Gasteiger partial charge in [0.1, 0.15) is 17.8 Å². The quantitative estimate of drug-likeness (QED) is 0.368. The van der Waals surface area contributed by atoms with Crippen molar-refractivity contribution >= 4 is 29.1 Å². The molecule has 0 aliphatic rings. The molecule has 0 aliphatic carbocycles. The second kappa shape index (κ2) is 8.99. The summed E-state index contributed by atoms with van der Waals surface area (Å²) in [5.41, 5.74) is 17.0. The molecule has 0 fully saturated rings. The molecule has 0 radical (unpaired) electrons. The lowest BCUT2D eigenvalue weighted by Crippen LogP contribution is -2.32. The normalized spacial score (nSPS) is 9.97. The highest BCUT2D eigenvalue weighted by Gasteiger charge is 2.12. The van der Waals surface area contributed by atoms with E-state index in [1.54, 1.807) is 49.7 Å². The molecule has 11 nitrogen and oxygen atoms in total. The van der Waals surface area contributed by atoms with Crippen LogP contribution in [-0.4, -0.2) is 33.9 Å². The molecule has 3 rings (SSSR count). The maximum atomic E-state index is 12.2.